The van der Waals surface area contributed by atoms with Crippen LogP contribution in [0.5, 0.6) is 5.75 Å². The number of carbonyl (C=O) groups is 2. The zero-order valence-electron chi connectivity index (χ0n) is 27.1. The molecule has 0 radical (unpaired) electrons. The first-order valence-electron chi connectivity index (χ1n) is 14.6. The number of methoxy groups -OCH3 is 1. The average Bonchev–Trinajstić information content (AvgIpc) is 2.93. The van der Waals surface area contributed by atoms with Crippen molar-refractivity contribution in [3.05, 3.63) is 93.4 Å². The Bertz CT molecular complexity index is 1420. The van der Waals surface area contributed by atoms with Crippen LogP contribution in [0, 0.1) is 0 Å². The molecule has 1 atom stereocenters. The SMILES string of the molecule is CC(C)(C)O.CCc1ccn(Cc2ccc(OC)cc2)c(=O)c1NC(=O)[C@H](Cc1ccc(CC(=O)OC(C)(C)C)cc1)NO.[HH].[HH]. The molecule has 0 unspecified atom stereocenters. The van der Waals surface area contributed by atoms with E-state index in [1.165, 1.54) is 4.57 Å². The zero-order chi connectivity index (χ0) is 33.1. The molecule has 1 amide bonds. The Labute approximate surface area is 263 Å². The van der Waals surface area contributed by atoms with Gasteiger partial charge in [0, 0.05) is 9.05 Å². The molecule has 1 aromatic heterocycles. The number of nitrogens with zero attached hydrogens (tertiary/aromatic N) is 1. The third-order valence-corrected chi connectivity index (χ3v) is 6.10. The molecule has 0 aliphatic rings. The third kappa shape index (κ3) is 12.7. The first-order valence-corrected chi connectivity index (χ1v) is 14.6. The fourth-order valence-corrected chi connectivity index (χ4v) is 4.07. The molecule has 3 rings (SSSR count). The monoisotopic (exact) mass is 613 g/mol. The number of pyridine rings is 1. The second kappa shape index (κ2) is 16.2. The van der Waals surface area contributed by atoms with E-state index >= 15 is 0 Å². The fraction of sp³-hybridized carbons (Fsp3) is 0.441. The number of aryl methyl sites for hydroxylation is 1. The zero-order valence-corrected chi connectivity index (χ0v) is 27.1. The Kier molecular flexibility index (Phi) is 13.3. The Hall–Kier alpha value is -3.99. The van der Waals surface area contributed by atoms with Crippen molar-refractivity contribution in [1.82, 2.24) is 10.0 Å². The van der Waals surface area contributed by atoms with Crippen LogP contribution in [0.1, 0.15) is 73.6 Å². The van der Waals surface area contributed by atoms with E-state index in [1.807, 2.05) is 58.0 Å². The highest BCUT2D eigenvalue weighted by atomic mass is 16.6. The van der Waals surface area contributed by atoms with Crippen molar-refractivity contribution in [3.8, 4) is 5.75 Å². The van der Waals surface area contributed by atoms with Crippen molar-refractivity contribution in [2.45, 2.75) is 91.5 Å². The van der Waals surface area contributed by atoms with Gasteiger partial charge in [0.2, 0.25) is 5.91 Å². The summed E-state index contributed by atoms with van der Waals surface area (Å²) in [7, 11) is 1.59. The van der Waals surface area contributed by atoms with Crippen LogP contribution in [0.4, 0.5) is 5.69 Å². The number of aliphatic hydroxyl groups is 1. The molecule has 0 aliphatic heterocycles. The molecule has 0 saturated heterocycles. The van der Waals surface area contributed by atoms with Gasteiger partial charge < -0.3 is 29.7 Å². The Morgan fingerprint density at radius 1 is 0.932 bits per heavy atom. The Balaban J connectivity index is 0.00000268. The van der Waals surface area contributed by atoms with Gasteiger partial charge in [-0.2, -0.15) is 5.48 Å². The number of nitrogens with one attached hydrogen (secondary N) is 2. The molecule has 44 heavy (non-hydrogen) atoms. The number of carbonyl (C=O) groups excluding carboxylic acids is 2. The van der Waals surface area contributed by atoms with Gasteiger partial charge in [-0.05, 0) is 94.8 Å². The fourth-order valence-electron chi connectivity index (χ4n) is 4.07. The molecule has 0 aliphatic carbocycles. The van der Waals surface area contributed by atoms with Gasteiger partial charge >= 0.3 is 5.97 Å². The summed E-state index contributed by atoms with van der Waals surface area (Å²) in [5.41, 5.74) is 4.01. The van der Waals surface area contributed by atoms with Crippen LogP contribution < -0.4 is 21.1 Å². The lowest BCUT2D eigenvalue weighted by Gasteiger charge is -2.19. The van der Waals surface area contributed by atoms with Gasteiger partial charge in [0.1, 0.15) is 23.1 Å². The van der Waals surface area contributed by atoms with Gasteiger partial charge in [-0.3, -0.25) is 14.4 Å². The minimum Gasteiger partial charge on any atom is -0.497 e. The predicted molar refractivity (Wildman–Crippen MR) is 175 cm³/mol. The molecule has 4 N–H and O–H groups in total. The summed E-state index contributed by atoms with van der Waals surface area (Å²) in [4.78, 5) is 38.5. The van der Waals surface area contributed by atoms with Gasteiger partial charge in [0.05, 0.1) is 25.7 Å². The molecule has 0 saturated carbocycles. The van der Waals surface area contributed by atoms with E-state index < -0.39 is 23.2 Å². The second-order valence-corrected chi connectivity index (χ2v) is 12.5. The highest BCUT2D eigenvalue weighted by Gasteiger charge is 2.22. The topological polar surface area (TPSA) is 139 Å². The van der Waals surface area contributed by atoms with E-state index in [4.69, 9.17) is 14.6 Å². The first kappa shape index (κ1) is 36.2. The molecular formula is C34H51N3O7. The quantitative estimate of drug-likeness (QED) is 0.172. The van der Waals surface area contributed by atoms with Crippen molar-refractivity contribution in [3.63, 3.8) is 0 Å². The minimum atomic E-state index is -0.999. The molecule has 10 nitrogen and oxygen atoms in total. The van der Waals surface area contributed by atoms with Gasteiger partial charge in [0.25, 0.3) is 5.56 Å². The standard InChI is InChI=1S/C30H37N3O6.C4H10O.2H2/c1-6-23-15-16-33(19-22-11-13-24(38-5)14-12-22)29(36)27(23)31-28(35)25(32-37)17-20-7-9-21(10-8-20)18-26(34)39-30(2,3)4;1-4(2,3)5;;/h7-16,25,32,37H,6,17-19H2,1-5H3,(H,31,35);5H,1-3H3;2*1H/t25-;;;/m0.../s1. The highest BCUT2D eigenvalue weighted by molar-refractivity contribution is 5.95. The van der Waals surface area contributed by atoms with Crippen LogP contribution in [0.15, 0.2) is 65.6 Å². The van der Waals surface area contributed by atoms with E-state index in [1.54, 1.807) is 58.3 Å². The number of rotatable bonds is 11. The van der Waals surface area contributed by atoms with E-state index in [9.17, 15) is 19.6 Å². The van der Waals surface area contributed by atoms with E-state index in [0.29, 0.717) is 18.5 Å². The maximum atomic E-state index is 13.3. The van der Waals surface area contributed by atoms with Crippen LogP contribution >= 0.6 is 0 Å². The van der Waals surface area contributed by atoms with Crippen molar-refractivity contribution in [2.24, 2.45) is 0 Å². The average molecular weight is 614 g/mol. The summed E-state index contributed by atoms with van der Waals surface area (Å²) in [5, 5.41) is 21.0. The number of hydrogen-bond acceptors (Lipinski definition) is 8. The molecule has 10 heteroatoms. The summed E-state index contributed by atoms with van der Waals surface area (Å²) in [6.45, 7) is 12.9. The smallest absolute Gasteiger partial charge is 0.310 e. The Morgan fingerprint density at radius 3 is 1.98 bits per heavy atom. The normalized spacial score (nSPS) is 12.0. The third-order valence-electron chi connectivity index (χ3n) is 6.10. The van der Waals surface area contributed by atoms with Gasteiger partial charge in [0.15, 0.2) is 0 Å². The number of aromatic nitrogens is 1. The first-order chi connectivity index (χ1) is 20.5. The van der Waals surface area contributed by atoms with Crippen molar-refractivity contribution in [1.29, 1.82) is 0 Å². The molecule has 1 heterocycles. The molecule has 0 fully saturated rings. The number of esters is 1. The predicted octanol–water partition coefficient (Wildman–Crippen LogP) is 5.15. The maximum Gasteiger partial charge on any atom is 0.310 e. The van der Waals surface area contributed by atoms with Crippen LogP contribution in [0.3, 0.4) is 0 Å². The highest BCUT2D eigenvalue weighted by Crippen LogP contribution is 2.16. The summed E-state index contributed by atoms with van der Waals surface area (Å²) >= 11 is 0. The number of hydrogen-bond donors (Lipinski definition) is 4. The number of anilines is 1. The second-order valence-electron chi connectivity index (χ2n) is 12.5. The molecule has 3 aromatic rings. The lowest BCUT2D eigenvalue weighted by molar-refractivity contribution is -0.153. The van der Waals surface area contributed by atoms with Crippen LogP contribution in [-0.2, 0) is 40.1 Å². The van der Waals surface area contributed by atoms with E-state index in [0.717, 1.165) is 22.4 Å². The van der Waals surface area contributed by atoms with Gasteiger partial charge in [-0.15, -0.1) is 0 Å². The van der Waals surface area contributed by atoms with Crippen LogP contribution in [-0.4, -0.2) is 51.1 Å². The molecule has 2 aromatic carbocycles. The Morgan fingerprint density at radius 2 is 1.48 bits per heavy atom. The van der Waals surface area contributed by atoms with Gasteiger partial charge in [-0.1, -0.05) is 43.3 Å². The number of benzene rings is 2. The molecular weight excluding hydrogens is 562 g/mol. The summed E-state index contributed by atoms with van der Waals surface area (Å²) in [5.74, 6) is -0.137. The largest absolute Gasteiger partial charge is 0.497 e. The minimum absolute atomic E-state index is 0. The van der Waals surface area contributed by atoms with E-state index in [-0.39, 0.29) is 32.9 Å². The van der Waals surface area contributed by atoms with Crippen LogP contribution in [0.2, 0.25) is 0 Å². The molecule has 244 valence electrons. The summed E-state index contributed by atoms with van der Waals surface area (Å²) < 4.78 is 12.1. The summed E-state index contributed by atoms with van der Waals surface area (Å²) in [6.07, 6.45) is 2.56. The molecule has 0 spiro atoms. The van der Waals surface area contributed by atoms with Crippen molar-refractivity contribution >= 4 is 17.6 Å². The number of hydroxylamine groups is 1. The van der Waals surface area contributed by atoms with Crippen LogP contribution in [0.25, 0.3) is 0 Å². The lowest BCUT2D eigenvalue weighted by atomic mass is 10.0. The lowest BCUT2D eigenvalue weighted by Crippen LogP contribution is -2.42. The number of ether oxygens (including phenoxy) is 2. The number of amides is 1. The van der Waals surface area contributed by atoms with Gasteiger partial charge in [-0.25, -0.2) is 0 Å². The van der Waals surface area contributed by atoms with E-state index in [2.05, 4.69) is 10.8 Å². The van der Waals surface area contributed by atoms with Crippen molar-refractivity contribution < 1.29 is 32.2 Å². The maximum absolute atomic E-state index is 13.3. The molecule has 0 bridgehead atoms. The summed E-state index contributed by atoms with van der Waals surface area (Å²) in [6, 6.07) is 15.4. The van der Waals surface area contributed by atoms with Crippen molar-refractivity contribution in [2.75, 3.05) is 12.4 Å².